The van der Waals surface area contributed by atoms with Crippen molar-refractivity contribution in [3.63, 3.8) is 0 Å². The lowest BCUT2D eigenvalue weighted by molar-refractivity contribution is 0.0972. The first kappa shape index (κ1) is 12.0. The third kappa shape index (κ3) is 2.14. The lowest BCUT2D eigenvalue weighted by atomic mass is 9.89. The van der Waals surface area contributed by atoms with E-state index in [0.29, 0.717) is 6.42 Å². The summed E-state index contributed by atoms with van der Waals surface area (Å²) in [6.07, 6.45) is 0.529. The fraction of sp³-hybridized carbons (Fsp3) is 0.235. The van der Waals surface area contributed by atoms with Crippen molar-refractivity contribution >= 4 is 11.5 Å². The molecule has 2 nitrogen and oxygen atoms in total. The molecular weight excluding hydrogens is 234 g/mol. The molecule has 0 saturated heterocycles. The van der Waals surface area contributed by atoms with Crippen molar-refractivity contribution in [2.75, 3.05) is 5.32 Å². The number of ketones is 1. The summed E-state index contributed by atoms with van der Waals surface area (Å²) in [6.45, 7) is 4.18. The van der Waals surface area contributed by atoms with E-state index in [1.807, 2.05) is 24.3 Å². The van der Waals surface area contributed by atoms with Gasteiger partial charge in [-0.1, -0.05) is 35.9 Å². The summed E-state index contributed by atoms with van der Waals surface area (Å²) in [7, 11) is 0. The third-order valence-corrected chi connectivity index (χ3v) is 3.76. The lowest BCUT2D eigenvalue weighted by Gasteiger charge is -2.27. The van der Waals surface area contributed by atoms with Crippen LogP contribution < -0.4 is 5.32 Å². The first-order chi connectivity index (χ1) is 9.15. The van der Waals surface area contributed by atoms with Gasteiger partial charge in [0.2, 0.25) is 0 Å². The SMILES string of the molecule is Cc1ccc(C)c(C2CC(=O)c3ccccc3N2)c1. The normalized spacial score (nSPS) is 17.8. The van der Waals surface area contributed by atoms with Crippen LogP contribution in [0, 0.1) is 13.8 Å². The molecule has 0 amide bonds. The van der Waals surface area contributed by atoms with Gasteiger partial charge < -0.3 is 5.32 Å². The minimum Gasteiger partial charge on any atom is -0.377 e. The predicted molar refractivity (Wildman–Crippen MR) is 77.7 cm³/mol. The highest BCUT2D eigenvalue weighted by molar-refractivity contribution is 6.03. The molecular formula is C17H17NO. The predicted octanol–water partition coefficient (Wildman–Crippen LogP) is 4.04. The van der Waals surface area contributed by atoms with Crippen LogP contribution in [0.4, 0.5) is 5.69 Å². The molecule has 0 bridgehead atoms. The number of fused-ring (bicyclic) bond motifs is 1. The summed E-state index contributed by atoms with van der Waals surface area (Å²) in [6, 6.07) is 14.2. The van der Waals surface area contributed by atoms with E-state index in [2.05, 4.69) is 37.4 Å². The van der Waals surface area contributed by atoms with Gasteiger partial charge in [-0.15, -0.1) is 0 Å². The molecule has 0 aromatic heterocycles. The molecule has 0 fully saturated rings. The standard InChI is InChI=1S/C17H17NO/c1-11-7-8-12(2)14(9-11)16-10-17(19)13-5-3-4-6-15(13)18-16/h3-9,16,18H,10H2,1-2H3. The van der Waals surface area contributed by atoms with Crippen LogP contribution >= 0.6 is 0 Å². The first-order valence-corrected chi connectivity index (χ1v) is 6.61. The largest absolute Gasteiger partial charge is 0.377 e. The Balaban J connectivity index is 2.01. The Morgan fingerprint density at radius 3 is 2.74 bits per heavy atom. The number of para-hydroxylation sites is 1. The van der Waals surface area contributed by atoms with Crippen LogP contribution in [0.1, 0.15) is 39.5 Å². The summed E-state index contributed by atoms with van der Waals surface area (Å²) in [5.41, 5.74) is 5.44. The van der Waals surface area contributed by atoms with Crippen molar-refractivity contribution in [3.05, 3.63) is 64.7 Å². The molecule has 0 aliphatic carbocycles. The number of carbonyl (C=O) groups excluding carboxylic acids is 1. The number of nitrogens with one attached hydrogen (secondary N) is 1. The lowest BCUT2D eigenvalue weighted by Crippen LogP contribution is -2.23. The number of hydrogen-bond acceptors (Lipinski definition) is 2. The molecule has 1 aliphatic heterocycles. The molecule has 3 rings (SSSR count). The van der Waals surface area contributed by atoms with Crippen LogP contribution in [0.2, 0.25) is 0 Å². The maximum Gasteiger partial charge on any atom is 0.167 e. The van der Waals surface area contributed by atoms with E-state index in [9.17, 15) is 4.79 Å². The zero-order valence-corrected chi connectivity index (χ0v) is 11.2. The minimum absolute atomic E-state index is 0.0855. The van der Waals surface area contributed by atoms with Gasteiger partial charge in [0, 0.05) is 17.7 Å². The fourth-order valence-electron chi connectivity index (χ4n) is 2.71. The molecule has 0 saturated carbocycles. The molecule has 2 aromatic rings. The Labute approximate surface area is 113 Å². The summed E-state index contributed by atoms with van der Waals surface area (Å²) in [4.78, 5) is 12.2. The molecule has 96 valence electrons. The van der Waals surface area contributed by atoms with E-state index in [1.165, 1.54) is 16.7 Å². The summed E-state index contributed by atoms with van der Waals surface area (Å²) >= 11 is 0. The van der Waals surface area contributed by atoms with Gasteiger partial charge in [-0.2, -0.15) is 0 Å². The van der Waals surface area contributed by atoms with Crippen LogP contribution in [-0.4, -0.2) is 5.78 Å². The van der Waals surface area contributed by atoms with Gasteiger partial charge in [-0.05, 0) is 37.1 Å². The highest BCUT2D eigenvalue weighted by Gasteiger charge is 2.25. The highest BCUT2D eigenvalue weighted by Crippen LogP contribution is 2.33. The Morgan fingerprint density at radius 1 is 1.11 bits per heavy atom. The maximum absolute atomic E-state index is 12.2. The molecule has 1 heterocycles. The minimum atomic E-state index is 0.0855. The van der Waals surface area contributed by atoms with Crippen LogP contribution in [0.15, 0.2) is 42.5 Å². The van der Waals surface area contributed by atoms with Crippen molar-refractivity contribution in [1.29, 1.82) is 0 Å². The Bertz CT molecular complexity index is 645. The van der Waals surface area contributed by atoms with Crippen molar-refractivity contribution in [3.8, 4) is 0 Å². The zero-order chi connectivity index (χ0) is 13.4. The number of benzene rings is 2. The monoisotopic (exact) mass is 251 g/mol. The molecule has 2 heteroatoms. The fourth-order valence-corrected chi connectivity index (χ4v) is 2.71. The van der Waals surface area contributed by atoms with Gasteiger partial charge in [0.25, 0.3) is 0 Å². The molecule has 1 unspecified atom stereocenters. The third-order valence-electron chi connectivity index (χ3n) is 3.76. The van der Waals surface area contributed by atoms with Crippen LogP contribution in [0.5, 0.6) is 0 Å². The second-order valence-corrected chi connectivity index (χ2v) is 5.23. The van der Waals surface area contributed by atoms with E-state index < -0.39 is 0 Å². The highest BCUT2D eigenvalue weighted by atomic mass is 16.1. The van der Waals surface area contributed by atoms with Gasteiger partial charge >= 0.3 is 0 Å². The number of aryl methyl sites for hydroxylation is 2. The molecule has 1 aliphatic rings. The second kappa shape index (κ2) is 4.54. The van der Waals surface area contributed by atoms with E-state index in [4.69, 9.17) is 0 Å². The van der Waals surface area contributed by atoms with Gasteiger partial charge in [0.05, 0.1) is 6.04 Å². The van der Waals surface area contributed by atoms with Gasteiger partial charge in [-0.3, -0.25) is 4.79 Å². The zero-order valence-electron chi connectivity index (χ0n) is 11.2. The molecule has 1 N–H and O–H groups in total. The number of hydrogen-bond donors (Lipinski definition) is 1. The molecule has 19 heavy (non-hydrogen) atoms. The van der Waals surface area contributed by atoms with Gasteiger partial charge in [0.15, 0.2) is 5.78 Å². The Morgan fingerprint density at radius 2 is 1.89 bits per heavy atom. The van der Waals surface area contributed by atoms with Gasteiger partial charge in [-0.25, -0.2) is 0 Å². The van der Waals surface area contributed by atoms with Crippen molar-refractivity contribution < 1.29 is 4.79 Å². The average molecular weight is 251 g/mol. The quantitative estimate of drug-likeness (QED) is 0.828. The van der Waals surface area contributed by atoms with E-state index in [0.717, 1.165) is 11.3 Å². The van der Waals surface area contributed by atoms with E-state index in [-0.39, 0.29) is 11.8 Å². The van der Waals surface area contributed by atoms with Gasteiger partial charge in [0.1, 0.15) is 0 Å². The van der Waals surface area contributed by atoms with Crippen LogP contribution in [-0.2, 0) is 0 Å². The van der Waals surface area contributed by atoms with Crippen LogP contribution in [0.25, 0.3) is 0 Å². The van der Waals surface area contributed by atoms with Crippen molar-refractivity contribution in [1.82, 2.24) is 0 Å². The topological polar surface area (TPSA) is 29.1 Å². The van der Waals surface area contributed by atoms with Crippen molar-refractivity contribution in [2.45, 2.75) is 26.3 Å². The molecule has 2 aromatic carbocycles. The maximum atomic E-state index is 12.2. The number of rotatable bonds is 1. The number of Topliss-reactive ketones (excluding diaryl/α,β-unsaturated/α-hetero) is 1. The summed E-state index contributed by atoms with van der Waals surface area (Å²) < 4.78 is 0. The number of anilines is 1. The van der Waals surface area contributed by atoms with E-state index >= 15 is 0 Å². The van der Waals surface area contributed by atoms with Crippen LogP contribution in [0.3, 0.4) is 0 Å². The Hall–Kier alpha value is -2.09. The molecule has 0 spiro atoms. The molecule has 0 radical (unpaired) electrons. The summed E-state index contributed by atoms with van der Waals surface area (Å²) in [5, 5.41) is 3.49. The Kier molecular flexibility index (Phi) is 2.86. The smallest absolute Gasteiger partial charge is 0.167 e. The first-order valence-electron chi connectivity index (χ1n) is 6.61. The van der Waals surface area contributed by atoms with Crippen molar-refractivity contribution in [2.24, 2.45) is 0 Å². The average Bonchev–Trinajstić information content (AvgIpc) is 2.41. The van der Waals surface area contributed by atoms with E-state index in [1.54, 1.807) is 0 Å². The summed E-state index contributed by atoms with van der Waals surface area (Å²) in [5.74, 6) is 0.222. The number of carbonyl (C=O) groups is 1. The molecule has 1 atom stereocenters. The second-order valence-electron chi connectivity index (χ2n) is 5.23.